The standard InChI is InChI=1S/C18H35BrO2Si2/c1-22(2,3)9-7-20-14-16-11-17(13-18(19)12-16)15-21-8-10-23(4,5)6/h12-13,16H,7-11,14-15H2,1-6H3. The molecule has 1 aliphatic rings. The fraction of sp³-hybridized carbons (Fsp3) is 0.778. The Bertz CT molecular complexity index is 420. The van der Waals surface area contributed by atoms with Gasteiger partial charge in [0.2, 0.25) is 0 Å². The summed E-state index contributed by atoms with van der Waals surface area (Å²) >= 11 is 3.64. The van der Waals surface area contributed by atoms with Gasteiger partial charge in [0.1, 0.15) is 0 Å². The third-order valence-electron chi connectivity index (χ3n) is 3.87. The van der Waals surface area contributed by atoms with Gasteiger partial charge in [-0.3, -0.25) is 0 Å². The summed E-state index contributed by atoms with van der Waals surface area (Å²) in [5.74, 6) is 0.478. The highest BCUT2D eigenvalue weighted by molar-refractivity contribution is 9.11. The molecule has 23 heavy (non-hydrogen) atoms. The maximum Gasteiger partial charge on any atom is 0.0680 e. The fourth-order valence-corrected chi connectivity index (χ4v) is 4.54. The molecule has 1 rings (SSSR count). The minimum Gasteiger partial charge on any atom is -0.381 e. The predicted octanol–water partition coefficient (Wildman–Crippen LogP) is 5.92. The van der Waals surface area contributed by atoms with Gasteiger partial charge < -0.3 is 9.47 Å². The average Bonchev–Trinajstić information content (AvgIpc) is 2.37. The minimum atomic E-state index is -0.990. The Morgan fingerprint density at radius 3 is 2.13 bits per heavy atom. The molecule has 0 bridgehead atoms. The van der Waals surface area contributed by atoms with E-state index in [1.807, 2.05) is 0 Å². The minimum absolute atomic E-state index is 0.478. The van der Waals surface area contributed by atoms with Crippen LogP contribution in [0.5, 0.6) is 0 Å². The van der Waals surface area contributed by atoms with E-state index < -0.39 is 16.1 Å². The lowest BCUT2D eigenvalue weighted by Crippen LogP contribution is -2.23. The highest BCUT2D eigenvalue weighted by Crippen LogP contribution is 2.26. The van der Waals surface area contributed by atoms with E-state index in [0.29, 0.717) is 5.92 Å². The first-order valence-electron chi connectivity index (χ1n) is 8.77. The van der Waals surface area contributed by atoms with E-state index in [0.717, 1.165) is 32.8 Å². The lowest BCUT2D eigenvalue weighted by molar-refractivity contribution is 0.119. The van der Waals surface area contributed by atoms with Crippen molar-refractivity contribution in [2.45, 2.75) is 57.8 Å². The van der Waals surface area contributed by atoms with Crippen LogP contribution < -0.4 is 0 Å². The van der Waals surface area contributed by atoms with Gasteiger partial charge in [-0.15, -0.1) is 0 Å². The molecule has 0 aromatic carbocycles. The summed E-state index contributed by atoms with van der Waals surface area (Å²) in [6.07, 6.45) is 5.56. The molecule has 0 aliphatic heterocycles. The lowest BCUT2D eigenvalue weighted by Gasteiger charge is -2.22. The number of rotatable bonds is 10. The van der Waals surface area contributed by atoms with E-state index in [1.165, 1.54) is 22.1 Å². The molecule has 0 amide bonds. The van der Waals surface area contributed by atoms with E-state index in [9.17, 15) is 0 Å². The molecular formula is C18H35BrO2Si2. The molecule has 5 heteroatoms. The number of allylic oxidation sites excluding steroid dienone is 2. The quantitative estimate of drug-likeness (QED) is 0.323. The van der Waals surface area contributed by atoms with Gasteiger partial charge in [-0.1, -0.05) is 61.3 Å². The molecule has 2 nitrogen and oxygen atoms in total. The summed E-state index contributed by atoms with van der Waals surface area (Å²) in [6, 6.07) is 2.48. The Hall–Kier alpha value is 0.314. The monoisotopic (exact) mass is 418 g/mol. The van der Waals surface area contributed by atoms with Crippen LogP contribution in [-0.2, 0) is 9.47 Å². The second-order valence-electron chi connectivity index (χ2n) is 9.07. The van der Waals surface area contributed by atoms with Crippen molar-refractivity contribution in [3.05, 3.63) is 22.2 Å². The van der Waals surface area contributed by atoms with Crippen LogP contribution in [-0.4, -0.2) is 42.6 Å². The van der Waals surface area contributed by atoms with Crippen molar-refractivity contribution in [1.82, 2.24) is 0 Å². The van der Waals surface area contributed by atoms with Crippen LogP contribution >= 0.6 is 15.9 Å². The van der Waals surface area contributed by atoms with Crippen LogP contribution in [0.25, 0.3) is 0 Å². The van der Waals surface area contributed by atoms with E-state index in [-0.39, 0.29) is 0 Å². The van der Waals surface area contributed by atoms with Gasteiger partial charge in [0.05, 0.1) is 13.2 Å². The van der Waals surface area contributed by atoms with Crippen molar-refractivity contribution in [2.24, 2.45) is 5.92 Å². The maximum atomic E-state index is 5.92. The normalized spacial score (nSPS) is 19.5. The first-order valence-corrected chi connectivity index (χ1v) is 17.0. The first-order chi connectivity index (χ1) is 10.6. The highest BCUT2D eigenvalue weighted by Gasteiger charge is 2.17. The number of hydrogen-bond donors (Lipinski definition) is 0. The van der Waals surface area contributed by atoms with Gasteiger partial charge in [0, 0.05) is 39.8 Å². The Morgan fingerprint density at radius 2 is 1.57 bits per heavy atom. The molecule has 0 radical (unpaired) electrons. The SMILES string of the molecule is C[Si](C)(C)CCOCC1=CC(Br)=CC(COCC[Si](C)(C)C)C1. The van der Waals surface area contributed by atoms with E-state index >= 15 is 0 Å². The molecule has 0 N–H and O–H groups in total. The van der Waals surface area contributed by atoms with Gasteiger partial charge in [-0.2, -0.15) is 0 Å². The molecule has 0 aromatic rings. The Kier molecular flexibility index (Phi) is 9.01. The second kappa shape index (κ2) is 9.71. The van der Waals surface area contributed by atoms with Crippen LogP contribution in [0.15, 0.2) is 22.2 Å². The first kappa shape index (κ1) is 21.4. The van der Waals surface area contributed by atoms with Crippen molar-refractivity contribution >= 4 is 32.1 Å². The highest BCUT2D eigenvalue weighted by atomic mass is 79.9. The smallest absolute Gasteiger partial charge is 0.0680 e. The van der Waals surface area contributed by atoms with E-state index in [2.05, 4.69) is 67.4 Å². The van der Waals surface area contributed by atoms with Gasteiger partial charge in [-0.25, -0.2) is 0 Å². The topological polar surface area (TPSA) is 18.5 Å². The third-order valence-corrected chi connectivity index (χ3v) is 7.77. The summed E-state index contributed by atoms with van der Waals surface area (Å²) in [5, 5.41) is 0. The van der Waals surface area contributed by atoms with Crippen LogP contribution in [0.3, 0.4) is 0 Å². The molecule has 1 unspecified atom stereocenters. The van der Waals surface area contributed by atoms with Gasteiger partial charge in [0.15, 0.2) is 0 Å². The van der Waals surface area contributed by atoms with Crippen LogP contribution in [0.1, 0.15) is 6.42 Å². The summed E-state index contributed by atoms with van der Waals surface area (Å²) in [6.45, 7) is 17.8. The van der Waals surface area contributed by atoms with Gasteiger partial charge >= 0.3 is 0 Å². The van der Waals surface area contributed by atoms with E-state index in [1.54, 1.807) is 0 Å². The predicted molar refractivity (Wildman–Crippen MR) is 111 cm³/mol. The number of hydrogen-bond acceptors (Lipinski definition) is 2. The van der Waals surface area contributed by atoms with Crippen LogP contribution in [0.2, 0.25) is 51.4 Å². The molecule has 0 saturated carbocycles. The van der Waals surface area contributed by atoms with Gasteiger partial charge in [-0.05, 0) is 30.2 Å². The molecule has 0 fully saturated rings. The van der Waals surface area contributed by atoms with Crippen molar-refractivity contribution in [3.8, 4) is 0 Å². The summed E-state index contributed by atoms with van der Waals surface area (Å²) in [5.41, 5.74) is 1.38. The average molecular weight is 420 g/mol. The summed E-state index contributed by atoms with van der Waals surface area (Å²) < 4.78 is 13.0. The second-order valence-corrected chi connectivity index (χ2v) is 21.2. The molecule has 0 spiro atoms. The third kappa shape index (κ3) is 11.5. The van der Waals surface area contributed by atoms with Crippen LogP contribution in [0, 0.1) is 5.92 Å². The summed E-state index contributed by atoms with van der Waals surface area (Å²) in [7, 11) is -1.98. The van der Waals surface area contributed by atoms with Crippen molar-refractivity contribution in [1.29, 1.82) is 0 Å². The van der Waals surface area contributed by atoms with Gasteiger partial charge in [0.25, 0.3) is 0 Å². The van der Waals surface area contributed by atoms with Crippen LogP contribution in [0.4, 0.5) is 0 Å². The molecule has 0 saturated heterocycles. The Balaban J connectivity index is 2.28. The molecule has 0 aromatic heterocycles. The zero-order valence-electron chi connectivity index (χ0n) is 15.9. The Labute approximate surface area is 153 Å². The maximum absolute atomic E-state index is 5.92. The Morgan fingerprint density at radius 1 is 1.00 bits per heavy atom. The number of ether oxygens (including phenoxy) is 2. The zero-order valence-corrected chi connectivity index (χ0v) is 19.5. The zero-order chi connectivity index (χ0) is 17.5. The lowest BCUT2D eigenvalue weighted by atomic mass is 9.95. The van der Waals surface area contributed by atoms with Crippen molar-refractivity contribution in [3.63, 3.8) is 0 Å². The molecule has 134 valence electrons. The van der Waals surface area contributed by atoms with Crippen molar-refractivity contribution < 1.29 is 9.47 Å². The summed E-state index contributed by atoms with van der Waals surface area (Å²) in [4.78, 5) is 0. The number of halogens is 1. The molecular weight excluding hydrogens is 384 g/mol. The fourth-order valence-electron chi connectivity index (χ4n) is 2.33. The molecule has 0 heterocycles. The largest absolute Gasteiger partial charge is 0.381 e. The molecule has 1 atom stereocenters. The van der Waals surface area contributed by atoms with Crippen molar-refractivity contribution in [2.75, 3.05) is 26.4 Å². The van der Waals surface area contributed by atoms with E-state index in [4.69, 9.17) is 9.47 Å². The molecule has 1 aliphatic carbocycles.